The van der Waals surface area contributed by atoms with Gasteiger partial charge in [-0.25, -0.2) is 0 Å². The van der Waals surface area contributed by atoms with Gasteiger partial charge in [-0.1, -0.05) is 19.8 Å². The third kappa shape index (κ3) is 14.2. The molecule has 0 rings (SSSR count). The Balaban J connectivity index is 3.05. The van der Waals surface area contributed by atoms with E-state index in [1.165, 1.54) is 70.6 Å². The molecule has 1 atom stereocenters. The van der Waals surface area contributed by atoms with Crippen LogP contribution < -0.4 is 0 Å². The van der Waals surface area contributed by atoms with Crippen LogP contribution in [0.4, 0.5) is 0 Å². The van der Waals surface area contributed by atoms with Crippen molar-refractivity contribution in [2.45, 2.75) is 95.2 Å². The first-order chi connectivity index (χ1) is 9.18. The number of aliphatic carboxylic acids is 1. The average Bonchev–Trinajstić information content (AvgIpc) is 2.39. The molecule has 3 heteroatoms. The molecule has 0 aliphatic rings. The minimum atomic E-state index is -0.678. The fourth-order valence-electron chi connectivity index (χ4n) is 2.30. The van der Waals surface area contributed by atoms with Gasteiger partial charge in [0, 0.05) is 0 Å². The van der Waals surface area contributed by atoms with Crippen molar-refractivity contribution in [1.82, 2.24) is 0 Å². The van der Waals surface area contributed by atoms with Crippen molar-refractivity contribution in [3.05, 3.63) is 0 Å². The Bertz CT molecular complexity index is 207. The van der Waals surface area contributed by atoms with Crippen LogP contribution in [0.3, 0.4) is 0 Å². The van der Waals surface area contributed by atoms with Gasteiger partial charge in [0.1, 0.15) is 0 Å². The number of hydrogen-bond donors (Lipinski definition) is 1. The number of unbranched alkanes of at least 4 members (excludes halogenated alkanes) is 11. The summed E-state index contributed by atoms with van der Waals surface area (Å²) in [7, 11) is 0. The molecule has 1 unspecified atom stereocenters. The minimum absolute atomic E-state index is 0.226. The zero-order valence-electron chi connectivity index (χ0n) is 12.6. The number of carboxylic acid groups (broad SMARTS) is 1. The van der Waals surface area contributed by atoms with Crippen molar-refractivity contribution in [3.63, 3.8) is 0 Å². The molecule has 0 aromatic rings. The number of rotatable bonds is 14. The van der Waals surface area contributed by atoms with E-state index < -0.39 is 5.97 Å². The van der Waals surface area contributed by atoms with Gasteiger partial charge < -0.3 is 0 Å². The first-order valence-electron chi connectivity index (χ1n) is 8.09. The fraction of sp³-hybridized carbons (Fsp3) is 0.938. The number of hydrogen-bond acceptors (Lipinski definition) is 1. The average molecular weight is 335 g/mol. The fourth-order valence-corrected chi connectivity index (χ4v) is 2.69. The van der Waals surface area contributed by atoms with Gasteiger partial charge in [-0.05, 0) is 0 Å². The Morgan fingerprint density at radius 2 is 1.21 bits per heavy atom. The summed E-state index contributed by atoms with van der Waals surface area (Å²) in [6, 6.07) is 0. The normalized spacial score (nSPS) is 12.5. The summed E-state index contributed by atoms with van der Waals surface area (Å²) in [4.78, 5) is 10.4. The van der Waals surface area contributed by atoms with Crippen molar-refractivity contribution in [3.8, 4) is 0 Å². The molecular weight excluding hydrogens is 303 g/mol. The van der Waals surface area contributed by atoms with Gasteiger partial charge in [-0.3, -0.25) is 0 Å². The summed E-state index contributed by atoms with van der Waals surface area (Å²) in [6.45, 7) is 2.26. The molecule has 0 aliphatic carbocycles. The van der Waals surface area contributed by atoms with Crippen LogP contribution in [0.15, 0.2) is 0 Å². The van der Waals surface area contributed by atoms with Crippen LogP contribution in [-0.4, -0.2) is 27.1 Å². The third-order valence-corrected chi connectivity index (χ3v) is 4.62. The van der Waals surface area contributed by atoms with Gasteiger partial charge in [-0.15, -0.1) is 0 Å². The van der Waals surface area contributed by atoms with Gasteiger partial charge in [0.2, 0.25) is 0 Å². The monoisotopic (exact) mass is 336 g/mol. The molecule has 0 saturated carbocycles. The first kappa shape index (κ1) is 19.0. The summed E-state index contributed by atoms with van der Waals surface area (Å²) in [5, 5.41) is 8.74. The Morgan fingerprint density at radius 3 is 1.58 bits per heavy atom. The van der Waals surface area contributed by atoms with Crippen LogP contribution >= 0.6 is 0 Å². The molecule has 0 fully saturated rings. The van der Waals surface area contributed by atoms with Crippen LogP contribution in [-0.2, 0) is 4.79 Å². The second kappa shape index (κ2) is 14.4. The summed E-state index contributed by atoms with van der Waals surface area (Å²) in [5.41, 5.74) is 0. The van der Waals surface area contributed by atoms with Crippen LogP contribution in [0.5, 0.6) is 0 Å². The Hall–Kier alpha value is -0.0105. The molecular formula is C16H32O2Se. The van der Waals surface area contributed by atoms with Crippen molar-refractivity contribution in [2.75, 3.05) is 0 Å². The number of carboxylic acids is 1. The summed E-state index contributed by atoms with van der Waals surface area (Å²) in [5.74, 6) is -0.678. The zero-order chi connectivity index (χ0) is 14.3. The molecule has 114 valence electrons. The van der Waals surface area contributed by atoms with Crippen molar-refractivity contribution in [1.29, 1.82) is 0 Å². The van der Waals surface area contributed by atoms with Gasteiger partial charge in [0.05, 0.1) is 0 Å². The van der Waals surface area contributed by atoms with E-state index in [4.69, 9.17) is 5.11 Å². The van der Waals surface area contributed by atoms with E-state index in [2.05, 4.69) is 22.9 Å². The summed E-state index contributed by atoms with van der Waals surface area (Å²) >= 11 is 2.26. The van der Waals surface area contributed by atoms with Crippen LogP contribution in [0.25, 0.3) is 0 Å². The molecule has 0 heterocycles. The van der Waals surface area contributed by atoms with Gasteiger partial charge in [0.25, 0.3) is 0 Å². The maximum absolute atomic E-state index is 10.6. The van der Waals surface area contributed by atoms with Crippen LogP contribution in [0.1, 0.15) is 90.4 Å². The second-order valence-electron chi connectivity index (χ2n) is 5.53. The number of carbonyl (C=O) groups is 1. The molecule has 0 amide bonds. The van der Waals surface area contributed by atoms with E-state index in [9.17, 15) is 4.79 Å². The predicted molar refractivity (Wildman–Crippen MR) is 84.2 cm³/mol. The molecule has 0 spiro atoms. The zero-order valence-corrected chi connectivity index (χ0v) is 14.4. The summed E-state index contributed by atoms with van der Waals surface area (Å²) < 4.78 is 0. The Morgan fingerprint density at radius 1 is 0.842 bits per heavy atom. The van der Waals surface area contributed by atoms with Crippen LogP contribution in [0, 0.1) is 0 Å². The van der Waals surface area contributed by atoms with E-state index in [0.717, 1.165) is 12.8 Å². The standard InChI is InChI=1S/C16H32O2Se/c1-2-3-4-5-6-7-8-9-10-11-12-13-14-15(19)16(17)18/h15,19H,2-14H2,1H3,(H,17,18). The van der Waals surface area contributed by atoms with E-state index in [1.54, 1.807) is 0 Å². The topological polar surface area (TPSA) is 37.3 Å². The summed E-state index contributed by atoms with van der Waals surface area (Å²) in [6.07, 6.45) is 16.8. The molecule has 2 nitrogen and oxygen atoms in total. The van der Waals surface area contributed by atoms with Gasteiger partial charge >= 0.3 is 107 Å². The van der Waals surface area contributed by atoms with Crippen molar-refractivity contribution >= 4 is 22.0 Å². The molecule has 0 bridgehead atoms. The quantitative estimate of drug-likeness (QED) is 0.364. The Labute approximate surface area is 127 Å². The van der Waals surface area contributed by atoms with Crippen molar-refractivity contribution < 1.29 is 9.90 Å². The van der Waals surface area contributed by atoms with Gasteiger partial charge in [0.15, 0.2) is 0 Å². The third-order valence-electron chi connectivity index (χ3n) is 3.62. The second-order valence-corrected chi connectivity index (χ2v) is 6.84. The molecule has 0 aromatic carbocycles. The maximum atomic E-state index is 10.6. The molecule has 0 aliphatic heterocycles. The molecule has 0 aromatic heterocycles. The van der Waals surface area contributed by atoms with E-state index in [1.807, 2.05) is 0 Å². The van der Waals surface area contributed by atoms with E-state index in [-0.39, 0.29) is 4.82 Å². The van der Waals surface area contributed by atoms with E-state index >= 15 is 0 Å². The molecule has 0 radical (unpaired) electrons. The molecule has 19 heavy (non-hydrogen) atoms. The van der Waals surface area contributed by atoms with Gasteiger partial charge in [-0.2, -0.15) is 0 Å². The SMILES string of the molecule is CCCCCCCCCCCCCCC([SeH])C(=O)O. The molecule has 0 saturated heterocycles. The van der Waals surface area contributed by atoms with Crippen LogP contribution in [0.2, 0.25) is 4.82 Å². The Kier molecular flexibility index (Phi) is 14.4. The first-order valence-corrected chi connectivity index (χ1v) is 9.17. The predicted octanol–water partition coefficient (Wildman–Crippen LogP) is 4.85. The van der Waals surface area contributed by atoms with Crippen molar-refractivity contribution in [2.24, 2.45) is 0 Å². The molecule has 1 N–H and O–H groups in total. The van der Waals surface area contributed by atoms with E-state index in [0.29, 0.717) is 0 Å².